The van der Waals surface area contributed by atoms with Crippen LogP contribution in [0.5, 0.6) is 0 Å². The molecule has 23 heavy (non-hydrogen) atoms. The molecule has 2 aliphatic heterocycles. The van der Waals surface area contributed by atoms with Gasteiger partial charge in [-0.15, -0.1) is 11.3 Å². The first-order valence-corrected chi connectivity index (χ1v) is 8.99. The van der Waals surface area contributed by atoms with Crippen LogP contribution in [0.2, 0.25) is 0 Å². The lowest BCUT2D eigenvalue weighted by Crippen LogP contribution is -2.61. The maximum Gasteiger partial charge on any atom is 0.246 e. The lowest BCUT2D eigenvalue weighted by Gasteiger charge is -2.46. The number of amides is 1. The zero-order valence-corrected chi connectivity index (χ0v) is 13.8. The van der Waals surface area contributed by atoms with Crippen LogP contribution in [0.3, 0.4) is 0 Å². The van der Waals surface area contributed by atoms with E-state index in [1.54, 1.807) is 17.4 Å². The molecule has 118 valence electrons. The van der Waals surface area contributed by atoms with Gasteiger partial charge in [-0.25, -0.2) is 0 Å². The highest BCUT2D eigenvalue weighted by Gasteiger charge is 2.35. The number of carbonyl (C=O) groups excluding carboxylic acids is 1. The summed E-state index contributed by atoms with van der Waals surface area (Å²) in [6, 6.07) is 13.3. The van der Waals surface area contributed by atoms with Gasteiger partial charge >= 0.3 is 0 Å². The van der Waals surface area contributed by atoms with E-state index in [-0.39, 0.29) is 5.91 Å². The Kier molecular flexibility index (Phi) is 4.02. The summed E-state index contributed by atoms with van der Waals surface area (Å²) >= 11 is 1.65. The molecule has 0 aliphatic carbocycles. The van der Waals surface area contributed by atoms with E-state index in [4.69, 9.17) is 0 Å². The van der Waals surface area contributed by atoms with Gasteiger partial charge in [-0.3, -0.25) is 9.69 Å². The minimum absolute atomic E-state index is 0.132. The van der Waals surface area contributed by atoms with Crippen molar-refractivity contribution in [2.45, 2.75) is 19.0 Å². The summed E-state index contributed by atoms with van der Waals surface area (Å²) < 4.78 is 0. The summed E-state index contributed by atoms with van der Waals surface area (Å²) in [5.41, 5.74) is 2.93. The molecule has 0 bridgehead atoms. The van der Waals surface area contributed by atoms with Crippen molar-refractivity contribution in [1.29, 1.82) is 0 Å². The van der Waals surface area contributed by atoms with Crippen LogP contribution in [0, 0.1) is 0 Å². The Morgan fingerprint density at radius 3 is 2.74 bits per heavy atom. The molecule has 0 atom stereocenters. The van der Waals surface area contributed by atoms with Crippen LogP contribution >= 0.6 is 11.3 Å². The lowest BCUT2D eigenvalue weighted by atomic mass is 9.96. The van der Waals surface area contributed by atoms with Crippen molar-refractivity contribution >= 4 is 23.3 Å². The van der Waals surface area contributed by atoms with Crippen LogP contribution in [0.15, 0.2) is 47.9 Å². The number of rotatable bonds is 3. The Balaban J connectivity index is 1.31. The van der Waals surface area contributed by atoms with Crippen molar-refractivity contribution in [2.24, 2.45) is 0 Å². The fourth-order valence-corrected chi connectivity index (χ4v) is 3.96. The molecule has 2 aliphatic rings. The van der Waals surface area contributed by atoms with E-state index in [1.165, 1.54) is 11.1 Å². The van der Waals surface area contributed by atoms with E-state index >= 15 is 0 Å². The molecule has 1 amide bonds. The molecule has 4 heteroatoms. The Bertz CT molecular complexity index is 717. The number of carbonyl (C=O) groups is 1. The van der Waals surface area contributed by atoms with Gasteiger partial charge in [0.15, 0.2) is 0 Å². The highest BCUT2D eigenvalue weighted by Crippen LogP contribution is 2.24. The van der Waals surface area contributed by atoms with Crippen molar-refractivity contribution in [3.05, 3.63) is 63.9 Å². The molecule has 4 rings (SSSR count). The van der Waals surface area contributed by atoms with Crippen LogP contribution in [-0.4, -0.2) is 41.4 Å². The Hall–Kier alpha value is -1.91. The van der Waals surface area contributed by atoms with E-state index in [2.05, 4.69) is 29.2 Å². The molecule has 0 radical (unpaired) electrons. The topological polar surface area (TPSA) is 23.6 Å². The second kappa shape index (κ2) is 6.30. The summed E-state index contributed by atoms with van der Waals surface area (Å²) in [7, 11) is 0. The second-order valence-electron chi connectivity index (χ2n) is 6.23. The number of fused-ring (bicyclic) bond motifs is 1. The molecule has 0 unspecified atom stereocenters. The number of hydrogen-bond donors (Lipinski definition) is 0. The van der Waals surface area contributed by atoms with Gasteiger partial charge in [0.25, 0.3) is 0 Å². The van der Waals surface area contributed by atoms with Gasteiger partial charge in [0.05, 0.1) is 0 Å². The van der Waals surface area contributed by atoms with E-state index in [0.29, 0.717) is 6.04 Å². The zero-order valence-electron chi connectivity index (χ0n) is 13.0. The molecule has 1 aromatic heterocycles. The van der Waals surface area contributed by atoms with Crippen molar-refractivity contribution < 1.29 is 4.79 Å². The molecule has 3 heterocycles. The minimum Gasteiger partial charge on any atom is -0.336 e. The van der Waals surface area contributed by atoms with Crippen molar-refractivity contribution in [3.63, 3.8) is 0 Å². The van der Waals surface area contributed by atoms with Gasteiger partial charge in [-0.1, -0.05) is 30.3 Å². The predicted molar refractivity (Wildman–Crippen MR) is 94.3 cm³/mol. The van der Waals surface area contributed by atoms with Crippen molar-refractivity contribution in [3.8, 4) is 0 Å². The molecule has 0 spiro atoms. The minimum atomic E-state index is 0.132. The molecule has 1 saturated heterocycles. The average Bonchev–Trinajstić information content (AvgIpc) is 3.05. The number of hydrogen-bond acceptors (Lipinski definition) is 3. The fraction of sp³-hybridized carbons (Fsp3) is 0.316. The molecule has 0 saturated carbocycles. The summed E-state index contributed by atoms with van der Waals surface area (Å²) in [6.07, 6.45) is 4.74. The maximum absolute atomic E-state index is 12.2. The van der Waals surface area contributed by atoms with E-state index in [9.17, 15) is 4.79 Å². The first kappa shape index (κ1) is 14.7. The Morgan fingerprint density at radius 2 is 1.96 bits per heavy atom. The van der Waals surface area contributed by atoms with Crippen LogP contribution in [0.25, 0.3) is 6.08 Å². The molecular formula is C19H20N2OS. The Labute approximate surface area is 140 Å². The van der Waals surface area contributed by atoms with Crippen molar-refractivity contribution in [2.75, 3.05) is 19.6 Å². The van der Waals surface area contributed by atoms with Gasteiger partial charge in [-0.2, -0.15) is 0 Å². The normalized spacial score (nSPS) is 18.9. The molecule has 3 nitrogen and oxygen atoms in total. The summed E-state index contributed by atoms with van der Waals surface area (Å²) in [5.74, 6) is 0.132. The van der Waals surface area contributed by atoms with Crippen LogP contribution in [0.4, 0.5) is 0 Å². The van der Waals surface area contributed by atoms with Gasteiger partial charge < -0.3 is 4.90 Å². The standard InChI is InChI=1S/C19H20N2OS/c22-19(8-7-18-6-3-11-23-18)21-13-17(14-21)20-10-9-15-4-1-2-5-16(15)12-20/h1-8,11,17H,9-10,12-14H2/b8-7+. The number of thiophene rings is 1. The SMILES string of the molecule is O=C(/C=C/c1cccs1)N1CC(N2CCc3ccccc3C2)C1. The molecule has 0 N–H and O–H groups in total. The average molecular weight is 324 g/mol. The highest BCUT2D eigenvalue weighted by atomic mass is 32.1. The monoisotopic (exact) mass is 324 g/mol. The molecule has 1 aromatic carbocycles. The summed E-state index contributed by atoms with van der Waals surface area (Å²) in [4.78, 5) is 17.8. The lowest BCUT2D eigenvalue weighted by molar-refractivity contribution is -0.133. The van der Waals surface area contributed by atoms with Crippen LogP contribution in [0.1, 0.15) is 16.0 Å². The van der Waals surface area contributed by atoms with E-state index < -0.39 is 0 Å². The third-order valence-corrected chi connectivity index (χ3v) is 5.62. The highest BCUT2D eigenvalue weighted by molar-refractivity contribution is 7.10. The third kappa shape index (κ3) is 3.09. The van der Waals surface area contributed by atoms with E-state index in [1.807, 2.05) is 28.5 Å². The summed E-state index contributed by atoms with van der Waals surface area (Å²) in [5, 5.41) is 2.03. The smallest absolute Gasteiger partial charge is 0.246 e. The third-order valence-electron chi connectivity index (χ3n) is 4.78. The second-order valence-corrected chi connectivity index (χ2v) is 7.21. The number of nitrogens with zero attached hydrogens (tertiary/aromatic N) is 2. The van der Waals surface area contributed by atoms with Crippen LogP contribution < -0.4 is 0 Å². The van der Waals surface area contributed by atoms with Gasteiger partial charge in [0.2, 0.25) is 5.91 Å². The maximum atomic E-state index is 12.2. The van der Waals surface area contributed by atoms with Gasteiger partial charge in [0.1, 0.15) is 0 Å². The predicted octanol–water partition coefficient (Wildman–Crippen LogP) is 3.03. The fourth-order valence-electron chi connectivity index (χ4n) is 3.34. The zero-order chi connectivity index (χ0) is 15.6. The number of benzene rings is 1. The Morgan fingerprint density at radius 1 is 1.13 bits per heavy atom. The first-order chi connectivity index (χ1) is 11.3. The first-order valence-electron chi connectivity index (χ1n) is 8.11. The van der Waals surface area contributed by atoms with Crippen LogP contribution in [-0.2, 0) is 17.8 Å². The van der Waals surface area contributed by atoms with Crippen molar-refractivity contribution in [1.82, 2.24) is 9.80 Å². The summed E-state index contributed by atoms with van der Waals surface area (Å²) in [6.45, 7) is 3.84. The number of likely N-dealkylation sites (tertiary alicyclic amines) is 1. The van der Waals surface area contributed by atoms with Gasteiger partial charge in [0, 0.05) is 43.2 Å². The quantitative estimate of drug-likeness (QED) is 0.810. The van der Waals surface area contributed by atoms with Gasteiger partial charge in [-0.05, 0) is 35.1 Å². The largest absolute Gasteiger partial charge is 0.336 e. The van der Waals surface area contributed by atoms with E-state index in [0.717, 1.165) is 37.5 Å². The molecular weight excluding hydrogens is 304 g/mol. The molecule has 1 fully saturated rings. The molecule has 2 aromatic rings.